The van der Waals surface area contributed by atoms with Crippen molar-refractivity contribution in [2.24, 2.45) is 5.16 Å². The van der Waals surface area contributed by atoms with Gasteiger partial charge in [-0.3, -0.25) is 14.5 Å². The molecule has 0 spiro atoms. The van der Waals surface area contributed by atoms with Crippen LogP contribution in [0.1, 0.15) is 5.69 Å². The summed E-state index contributed by atoms with van der Waals surface area (Å²) >= 11 is 4.97. The number of carboxylic acid groups (broad SMARTS) is 2. The summed E-state index contributed by atoms with van der Waals surface area (Å²) in [5, 5.41) is 36.7. The Morgan fingerprint density at radius 3 is 2.81 bits per heavy atom. The lowest BCUT2D eigenvalue weighted by atomic mass is 10.0. The number of nitrogens with one attached hydrogen (secondary N) is 2. The van der Waals surface area contributed by atoms with Gasteiger partial charge in [0, 0.05) is 16.0 Å². The minimum Gasteiger partial charge on any atom is -0.479 e. The van der Waals surface area contributed by atoms with Crippen molar-refractivity contribution < 1.29 is 34.2 Å². The van der Waals surface area contributed by atoms with Gasteiger partial charge in [0.1, 0.15) is 27.8 Å². The van der Waals surface area contributed by atoms with Gasteiger partial charge >= 0.3 is 11.9 Å². The summed E-state index contributed by atoms with van der Waals surface area (Å²) in [5.74, 6) is -3.70. The summed E-state index contributed by atoms with van der Waals surface area (Å²) in [5.41, 5.74) is 5.14. The Bertz CT molecular complexity index is 1250. The zero-order valence-electron chi connectivity index (χ0n) is 17.8. The van der Waals surface area contributed by atoms with Gasteiger partial charge in [-0.15, -0.1) is 40.0 Å². The molecule has 4 heterocycles. The van der Waals surface area contributed by atoms with E-state index in [1.54, 1.807) is 6.20 Å². The number of aromatic nitrogens is 4. The SMILES string of the molecule is Nc1nc(/C(=N/OCC(=O)O)C(=O)N[C@@H]2C(=O)N3C(C(=O)O)=C(SCSc4cn[nH]n4)CS[C@H]23)cs1. The Morgan fingerprint density at radius 2 is 2.17 bits per heavy atom. The molecule has 0 bridgehead atoms. The van der Waals surface area contributed by atoms with Gasteiger partial charge < -0.3 is 26.1 Å². The van der Waals surface area contributed by atoms with E-state index in [1.807, 2.05) is 0 Å². The third-order valence-electron chi connectivity index (χ3n) is 4.58. The molecule has 0 aromatic carbocycles. The lowest BCUT2D eigenvalue weighted by molar-refractivity contribution is -0.150. The minimum atomic E-state index is -1.30. The number of nitrogens with zero attached hydrogens (tertiary/aromatic N) is 5. The maximum absolute atomic E-state index is 12.9. The van der Waals surface area contributed by atoms with Crippen LogP contribution in [0.25, 0.3) is 0 Å². The highest BCUT2D eigenvalue weighted by Gasteiger charge is 2.54. The molecule has 2 amide bonds. The van der Waals surface area contributed by atoms with Crippen LogP contribution in [0.3, 0.4) is 0 Å². The Balaban J connectivity index is 1.46. The van der Waals surface area contributed by atoms with Crippen molar-refractivity contribution in [1.82, 2.24) is 30.6 Å². The number of carbonyl (C=O) groups is 4. The molecule has 2 aromatic heterocycles. The third-order valence-corrected chi connectivity index (χ3v) is 8.84. The Morgan fingerprint density at radius 1 is 1.36 bits per heavy atom. The van der Waals surface area contributed by atoms with E-state index in [1.165, 1.54) is 40.7 Å². The molecule has 190 valence electrons. The van der Waals surface area contributed by atoms with E-state index in [-0.39, 0.29) is 22.2 Å². The molecule has 0 unspecified atom stereocenters. The smallest absolute Gasteiger partial charge is 0.353 e. The van der Waals surface area contributed by atoms with Gasteiger partial charge in [-0.2, -0.15) is 10.3 Å². The van der Waals surface area contributed by atoms with Crippen LogP contribution in [-0.2, 0) is 24.0 Å². The predicted octanol–water partition coefficient (Wildman–Crippen LogP) is -0.172. The summed E-state index contributed by atoms with van der Waals surface area (Å²) in [4.78, 5) is 58.8. The molecule has 15 nitrogen and oxygen atoms in total. The van der Waals surface area contributed by atoms with Gasteiger partial charge in [-0.1, -0.05) is 16.9 Å². The second kappa shape index (κ2) is 11.2. The highest BCUT2D eigenvalue weighted by atomic mass is 32.2. The van der Waals surface area contributed by atoms with Crippen LogP contribution in [-0.4, -0.2) is 93.8 Å². The molecular formula is C17H16N8O7S4. The fourth-order valence-corrected chi connectivity index (χ4v) is 7.21. The number of aliphatic carboxylic acids is 2. The Labute approximate surface area is 218 Å². The number of nitrogen functional groups attached to an aromatic ring is 1. The third kappa shape index (κ3) is 5.58. The van der Waals surface area contributed by atoms with Gasteiger partial charge in [0.2, 0.25) is 6.61 Å². The zero-order chi connectivity index (χ0) is 25.8. The number of β-lactam (4-membered cyclic amide) rings is 1. The Hall–Kier alpha value is -3.29. The lowest BCUT2D eigenvalue weighted by Gasteiger charge is -2.49. The van der Waals surface area contributed by atoms with E-state index >= 15 is 0 Å². The zero-order valence-corrected chi connectivity index (χ0v) is 21.1. The summed E-state index contributed by atoms with van der Waals surface area (Å²) in [6, 6.07) is -1.03. The van der Waals surface area contributed by atoms with Gasteiger partial charge in [-0.25, -0.2) is 14.6 Å². The molecule has 2 atom stereocenters. The second-order valence-electron chi connectivity index (χ2n) is 6.83. The number of amides is 2. The van der Waals surface area contributed by atoms with Gasteiger partial charge in [0.05, 0.1) is 11.3 Å². The average Bonchev–Trinajstić information content (AvgIpc) is 3.51. The van der Waals surface area contributed by atoms with Crippen molar-refractivity contribution in [1.29, 1.82) is 0 Å². The van der Waals surface area contributed by atoms with Gasteiger partial charge in [0.25, 0.3) is 11.8 Å². The fourth-order valence-electron chi connectivity index (χ4n) is 3.09. The first kappa shape index (κ1) is 25.8. The number of oxime groups is 1. The molecule has 1 saturated heterocycles. The molecule has 19 heteroatoms. The van der Waals surface area contributed by atoms with Crippen LogP contribution in [0, 0.1) is 0 Å². The monoisotopic (exact) mass is 572 g/mol. The maximum Gasteiger partial charge on any atom is 0.353 e. The summed E-state index contributed by atoms with van der Waals surface area (Å²) < 4.78 is 0. The summed E-state index contributed by atoms with van der Waals surface area (Å²) in [6.07, 6.45) is 1.54. The summed E-state index contributed by atoms with van der Waals surface area (Å²) in [6.45, 7) is -0.798. The second-order valence-corrected chi connectivity index (χ2v) is 11.3. The van der Waals surface area contributed by atoms with Crippen molar-refractivity contribution in [3.63, 3.8) is 0 Å². The minimum absolute atomic E-state index is 0.0368. The first-order valence-electron chi connectivity index (χ1n) is 9.72. The van der Waals surface area contributed by atoms with Crippen molar-refractivity contribution in [2.45, 2.75) is 16.4 Å². The first-order valence-corrected chi connectivity index (χ1v) is 13.6. The molecule has 1 fully saturated rings. The standard InChI is InChI=1S/C17H16N8O7S4/c18-17-20-6(3-34-17)10(23-32-2-9(26)27)13(28)21-11-14(29)25-12(16(30)31)7(4-33-15(11)25)35-5-36-8-1-19-24-22-8/h1,3,11,15H,2,4-5H2,(H2,18,20)(H,21,28)(H,26,27)(H,30,31)(H,19,22,24)/b23-10-/t11-,15-/m1/s1. The van der Waals surface area contributed by atoms with Crippen LogP contribution in [0.2, 0.25) is 0 Å². The number of nitrogens with two attached hydrogens (primary N) is 1. The number of anilines is 1. The van der Waals surface area contributed by atoms with Crippen molar-refractivity contribution in [3.05, 3.63) is 27.9 Å². The molecule has 2 aliphatic heterocycles. The maximum atomic E-state index is 12.9. The van der Waals surface area contributed by atoms with E-state index in [2.05, 4.69) is 35.7 Å². The van der Waals surface area contributed by atoms with E-state index in [9.17, 15) is 24.3 Å². The van der Waals surface area contributed by atoms with Crippen LogP contribution < -0.4 is 11.1 Å². The molecule has 0 radical (unpaired) electrons. The van der Waals surface area contributed by atoms with Crippen LogP contribution in [0.15, 0.2) is 32.4 Å². The van der Waals surface area contributed by atoms with E-state index in [0.717, 1.165) is 16.2 Å². The normalized spacial score (nSPS) is 19.5. The van der Waals surface area contributed by atoms with Crippen molar-refractivity contribution >= 4 is 81.2 Å². The average molecular weight is 573 g/mol. The van der Waals surface area contributed by atoms with Gasteiger partial charge in [0.15, 0.2) is 10.8 Å². The number of aromatic amines is 1. The predicted molar refractivity (Wildman–Crippen MR) is 131 cm³/mol. The highest BCUT2D eigenvalue weighted by Crippen LogP contribution is 2.44. The molecule has 2 aromatic rings. The van der Waals surface area contributed by atoms with E-state index in [4.69, 9.17) is 10.8 Å². The van der Waals surface area contributed by atoms with Crippen molar-refractivity contribution in [3.8, 4) is 0 Å². The number of thioether (sulfide) groups is 3. The van der Waals surface area contributed by atoms with Crippen LogP contribution >= 0.6 is 46.6 Å². The number of carboxylic acids is 2. The van der Waals surface area contributed by atoms with E-state index in [0.29, 0.717) is 20.8 Å². The molecular weight excluding hydrogens is 557 g/mol. The number of thiazole rings is 1. The molecule has 4 rings (SSSR count). The molecule has 2 aliphatic rings. The van der Waals surface area contributed by atoms with Crippen LogP contribution in [0.5, 0.6) is 0 Å². The fraction of sp³-hybridized carbons (Fsp3) is 0.294. The largest absolute Gasteiger partial charge is 0.479 e. The number of rotatable bonds is 11. The van der Waals surface area contributed by atoms with Crippen molar-refractivity contribution in [2.75, 3.05) is 23.2 Å². The number of fused-ring (bicyclic) bond motifs is 1. The lowest BCUT2D eigenvalue weighted by Crippen LogP contribution is -2.71. The molecule has 0 saturated carbocycles. The molecule has 36 heavy (non-hydrogen) atoms. The number of hydrogen-bond acceptors (Lipinski definition) is 14. The highest BCUT2D eigenvalue weighted by molar-refractivity contribution is 8.18. The Kier molecular flexibility index (Phi) is 8.01. The van der Waals surface area contributed by atoms with Gasteiger partial charge in [-0.05, 0) is 0 Å². The molecule has 6 N–H and O–H groups in total. The van der Waals surface area contributed by atoms with Crippen LogP contribution in [0.4, 0.5) is 5.13 Å². The number of carbonyl (C=O) groups excluding carboxylic acids is 2. The van der Waals surface area contributed by atoms with E-state index < -0.39 is 41.8 Å². The molecule has 0 aliphatic carbocycles. The number of hydrogen-bond donors (Lipinski definition) is 5. The number of H-pyrrole nitrogens is 1. The quantitative estimate of drug-likeness (QED) is 0.0774. The first-order chi connectivity index (χ1) is 17.3. The summed E-state index contributed by atoms with van der Waals surface area (Å²) in [7, 11) is 0. The topological polar surface area (TPSA) is 226 Å².